The molecule has 6 nitrogen and oxygen atoms in total. The van der Waals surface area contributed by atoms with Crippen LogP contribution in [0.25, 0.3) is 6.08 Å². The maximum Gasteiger partial charge on any atom is 0.255 e. The zero-order chi connectivity index (χ0) is 22.1. The molecule has 0 unspecified atom stereocenters. The number of likely N-dealkylation sites (tertiary alicyclic amines) is 1. The van der Waals surface area contributed by atoms with Gasteiger partial charge < -0.3 is 10.2 Å². The van der Waals surface area contributed by atoms with Crippen LogP contribution in [0.1, 0.15) is 48.5 Å². The van der Waals surface area contributed by atoms with E-state index in [1.54, 1.807) is 24.3 Å². The summed E-state index contributed by atoms with van der Waals surface area (Å²) in [6.07, 6.45) is 5.88. The zero-order valence-corrected chi connectivity index (χ0v) is 18.8. The Morgan fingerprint density at radius 2 is 1.74 bits per heavy atom. The molecule has 3 rings (SSSR count). The van der Waals surface area contributed by atoms with Crippen molar-refractivity contribution in [1.82, 2.24) is 10.2 Å². The van der Waals surface area contributed by atoms with Crippen molar-refractivity contribution in [2.75, 3.05) is 24.4 Å². The summed E-state index contributed by atoms with van der Waals surface area (Å²) < 4.78 is 27.0. The molecule has 0 radical (unpaired) electrons. The summed E-state index contributed by atoms with van der Waals surface area (Å²) in [5, 5.41) is 4.24. The maximum atomic E-state index is 12.5. The number of nitrogens with zero attached hydrogens (tertiary/aromatic N) is 1. The van der Waals surface area contributed by atoms with Crippen molar-refractivity contribution in [1.29, 1.82) is 0 Å². The van der Waals surface area contributed by atoms with Gasteiger partial charge in [0.1, 0.15) is 0 Å². The largest absolute Gasteiger partial charge is 0.349 e. The number of carbonyl (C=O) groups is 1. The summed E-state index contributed by atoms with van der Waals surface area (Å²) in [4.78, 5) is 15.0. The summed E-state index contributed by atoms with van der Waals surface area (Å²) >= 11 is 0. The minimum atomic E-state index is -3.64. The molecular formula is C24H31N3O3S. The van der Waals surface area contributed by atoms with Crippen LogP contribution in [0.15, 0.2) is 60.0 Å². The van der Waals surface area contributed by atoms with E-state index in [1.165, 1.54) is 18.9 Å². The van der Waals surface area contributed by atoms with Gasteiger partial charge in [-0.15, -0.1) is 0 Å². The second-order valence-electron chi connectivity index (χ2n) is 7.88. The van der Waals surface area contributed by atoms with Crippen molar-refractivity contribution >= 4 is 27.7 Å². The molecule has 1 aliphatic rings. The summed E-state index contributed by atoms with van der Waals surface area (Å²) in [5.41, 5.74) is 1.74. The van der Waals surface area contributed by atoms with Crippen LogP contribution in [0.5, 0.6) is 0 Å². The van der Waals surface area contributed by atoms with Crippen LogP contribution in [0.2, 0.25) is 0 Å². The lowest BCUT2D eigenvalue weighted by molar-refractivity contribution is 0.0911. The van der Waals surface area contributed by atoms with Crippen LogP contribution < -0.4 is 10.0 Å². The number of nitrogens with one attached hydrogen (secondary N) is 2. The summed E-state index contributed by atoms with van der Waals surface area (Å²) in [6.45, 7) is 5.37. The van der Waals surface area contributed by atoms with Gasteiger partial charge in [0, 0.05) is 30.4 Å². The van der Waals surface area contributed by atoms with Gasteiger partial charge in [-0.3, -0.25) is 9.52 Å². The Morgan fingerprint density at radius 3 is 2.39 bits per heavy atom. The number of anilines is 1. The fraction of sp³-hybridized carbons (Fsp3) is 0.375. The van der Waals surface area contributed by atoms with Crippen molar-refractivity contribution in [2.45, 2.75) is 38.6 Å². The first-order valence-electron chi connectivity index (χ1n) is 10.8. The van der Waals surface area contributed by atoms with Gasteiger partial charge in [0.15, 0.2) is 0 Å². The zero-order valence-electron chi connectivity index (χ0n) is 18.0. The van der Waals surface area contributed by atoms with Crippen molar-refractivity contribution in [2.24, 2.45) is 0 Å². The second kappa shape index (κ2) is 11.1. The molecule has 0 aliphatic carbocycles. The molecule has 1 amide bonds. The number of amides is 1. The van der Waals surface area contributed by atoms with Gasteiger partial charge >= 0.3 is 0 Å². The summed E-state index contributed by atoms with van der Waals surface area (Å²) in [6, 6.07) is 15.9. The van der Waals surface area contributed by atoms with Crippen molar-refractivity contribution < 1.29 is 13.2 Å². The quantitative estimate of drug-likeness (QED) is 0.614. The lowest BCUT2D eigenvalue weighted by Gasteiger charge is -2.32. The maximum absolute atomic E-state index is 12.5. The van der Waals surface area contributed by atoms with Gasteiger partial charge in [-0.05, 0) is 61.7 Å². The first kappa shape index (κ1) is 23.0. The molecular weight excluding hydrogens is 410 g/mol. The molecule has 0 saturated carbocycles. The topological polar surface area (TPSA) is 78.5 Å². The molecule has 1 saturated heterocycles. The molecule has 2 aromatic rings. The van der Waals surface area contributed by atoms with Gasteiger partial charge in [-0.25, -0.2) is 8.42 Å². The van der Waals surface area contributed by atoms with Gasteiger partial charge in [-0.2, -0.15) is 0 Å². The van der Waals surface area contributed by atoms with Crippen LogP contribution in [-0.4, -0.2) is 44.9 Å². The third-order valence-electron chi connectivity index (χ3n) is 5.40. The van der Waals surface area contributed by atoms with Crippen molar-refractivity contribution in [3.8, 4) is 0 Å². The molecule has 1 aliphatic heterocycles. The predicted octanol–water partition coefficient (Wildman–Crippen LogP) is 4.09. The lowest BCUT2D eigenvalue weighted by Crippen LogP contribution is -2.44. The molecule has 1 fully saturated rings. The van der Waals surface area contributed by atoms with Crippen LogP contribution in [0.4, 0.5) is 5.69 Å². The Morgan fingerprint density at radius 1 is 1.06 bits per heavy atom. The monoisotopic (exact) mass is 441 g/mol. The Hall–Kier alpha value is -2.64. The van der Waals surface area contributed by atoms with E-state index in [9.17, 15) is 13.2 Å². The first-order valence-corrected chi connectivity index (χ1v) is 12.4. The van der Waals surface area contributed by atoms with E-state index >= 15 is 0 Å². The predicted molar refractivity (Wildman–Crippen MR) is 126 cm³/mol. The molecule has 166 valence electrons. The van der Waals surface area contributed by atoms with Gasteiger partial charge in [-0.1, -0.05) is 43.7 Å². The normalized spacial score (nSPS) is 15.8. The van der Waals surface area contributed by atoms with E-state index in [-0.39, 0.29) is 11.9 Å². The highest BCUT2D eigenvalue weighted by Gasteiger charge is 2.20. The highest BCUT2D eigenvalue weighted by Crippen LogP contribution is 2.15. The average molecular weight is 442 g/mol. The van der Waals surface area contributed by atoms with Gasteiger partial charge in [0.25, 0.3) is 15.9 Å². The molecule has 0 aromatic heterocycles. The summed E-state index contributed by atoms with van der Waals surface area (Å²) in [5.74, 6) is -0.120. The molecule has 1 heterocycles. The molecule has 0 spiro atoms. The number of hydrogen-bond donors (Lipinski definition) is 2. The number of carbonyl (C=O) groups excluding carboxylic acids is 1. The third-order valence-corrected chi connectivity index (χ3v) is 6.41. The number of rotatable bonds is 9. The van der Waals surface area contributed by atoms with Crippen LogP contribution in [-0.2, 0) is 10.0 Å². The SMILES string of the molecule is CCCCN1CCC(NC(=O)c2ccc(NS(=O)(=O)/C=C/c3ccccc3)cc2)CC1. The van der Waals surface area contributed by atoms with Crippen LogP contribution in [0, 0.1) is 0 Å². The number of benzene rings is 2. The van der Waals surface area contributed by atoms with Crippen LogP contribution >= 0.6 is 0 Å². The Kier molecular flexibility index (Phi) is 8.26. The fourth-order valence-corrected chi connectivity index (χ4v) is 4.44. The fourth-order valence-electron chi connectivity index (χ4n) is 3.57. The number of piperidine rings is 1. The van der Waals surface area contributed by atoms with E-state index in [0.717, 1.165) is 43.4 Å². The Bertz CT molecular complexity index is 965. The smallest absolute Gasteiger partial charge is 0.255 e. The van der Waals surface area contributed by atoms with Gasteiger partial charge in [0.05, 0.1) is 5.41 Å². The molecule has 31 heavy (non-hydrogen) atoms. The number of sulfonamides is 1. The minimum absolute atomic E-state index is 0.120. The summed E-state index contributed by atoms with van der Waals surface area (Å²) in [7, 11) is -3.64. The Balaban J connectivity index is 1.50. The highest BCUT2D eigenvalue weighted by molar-refractivity contribution is 7.95. The minimum Gasteiger partial charge on any atom is -0.349 e. The third kappa shape index (κ3) is 7.52. The van der Waals surface area contributed by atoms with E-state index in [1.807, 2.05) is 30.3 Å². The first-order chi connectivity index (χ1) is 14.9. The van der Waals surface area contributed by atoms with E-state index in [2.05, 4.69) is 21.9 Å². The highest BCUT2D eigenvalue weighted by atomic mass is 32.2. The van der Waals surface area contributed by atoms with E-state index in [0.29, 0.717) is 11.3 Å². The lowest BCUT2D eigenvalue weighted by atomic mass is 10.0. The van der Waals surface area contributed by atoms with E-state index in [4.69, 9.17) is 0 Å². The van der Waals surface area contributed by atoms with Crippen molar-refractivity contribution in [3.63, 3.8) is 0 Å². The number of hydrogen-bond acceptors (Lipinski definition) is 4. The molecule has 7 heteroatoms. The molecule has 2 aromatic carbocycles. The van der Waals surface area contributed by atoms with E-state index < -0.39 is 10.0 Å². The number of unbranched alkanes of at least 4 members (excludes halogenated alkanes) is 1. The average Bonchev–Trinajstić information content (AvgIpc) is 2.78. The van der Waals surface area contributed by atoms with Crippen LogP contribution in [0.3, 0.4) is 0 Å². The second-order valence-corrected chi connectivity index (χ2v) is 9.45. The molecule has 2 N–H and O–H groups in total. The molecule has 0 atom stereocenters. The van der Waals surface area contributed by atoms with Crippen molar-refractivity contribution in [3.05, 3.63) is 71.1 Å². The molecule has 0 bridgehead atoms. The Labute approximate surface area is 185 Å². The standard InChI is InChI=1S/C24H31N3O3S/c1-2-3-16-27-17-13-22(14-18-27)25-24(28)21-9-11-23(12-10-21)26-31(29,30)19-15-20-7-5-4-6-8-20/h4-12,15,19,22,26H,2-3,13-14,16-18H2,1H3,(H,25,28)/b19-15+. The van der Waals surface area contributed by atoms with Gasteiger partial charge in [0.2, 0.25) is 0 Å².